The third-order valence-electron chi connectivity index (χ3n) is 1.42. The third kappa shape index (κ3) is 6.08. The summed E-state index contributed by atoms with van der Waals surface area (Å²) in [7, 11) is 1.82. The second kappa shape index (κ2) is 5.07. The zero-order valence-corrected chi connectivity index (χ0v) is 8.89. The second-order valence-electron chi connectivity index (χ2n) is 4.08. The molecule has 0 fully saturated rings. The molecule has 0 saturated heterocycles. The first kappa shape index (κ1) is 11.3. The van der Waals surface area contributed by atoms with Gasteiger partial charge in [-0.1, -0.05) is 20.8 Å². The molecule has 0 unspecified atom stereocenters. The lowest BCUT2D eigenvalue weighted by molar-refractivity contribution is 0.435. The maximum absolute atomic E-state index is 4.18. The van der Waals surface area contributed by atoms with Gasteiger partial charge in [0.15, 0.2) is 0 Å². The first-order valence-corrected chi connectivity index (χ1v) is 4.45. The molecular formula is C10H20N2. The van der Waals surface area contributed by atoms with Crippen molar-refractivity contribution in [3.63, 3.8) is 0 Å². The Hall–Kier alpha value is -0.660. The Labute approximate surface area is 75.8 Å². The van der Waals surface area contributed by atoms with E-state index in [1.54, 1.807) is 0 Å². The molecule has 0 aromatic carbocycles. The number of nitrogens with zero attached hydrogens (tertiary/aromatic N) is 2. The van der Waals surface area contributed by atoms with Gasteiger partial charge >= 0.3 is 0 Å². The molecule has 0 radical (unpaired) electrons. The summed E-state index contributed by atoms with van der Waals surface area (Å²) in [6.07, 6.45) is 2.87. The van der Waals surface area contributed by atoms with E-state index >= 15 is 0 Å². The molecule has 0 N–H and O–H groups in total. The minimum absolute atomic E-state index is 0.300. The summed E-state index contributed by atoms with van der Waals surface area (Å²) in [4.78, 5) is 8.35. The van der Waals surface area contributed by atoms with E-state index in [4.69, 9.17) is 0 Å². The molecule has 0 amide bonds. The normalized spacial score (nSPS) is 14.2. The van der Waals surface area contributed by atoms with E-state index in [-0.39, 0.29) is 0 Å². The molecule has 0 aliphatic rings. The van der Waals surface area contributed by atoms with Crippen molar-refractivity contribution in [1.29, 1.82) is 0 Å². The molecule has 12 heavy (non-hydrogen) atoms. The molecule has 0 aliphatic carbocycles. The highest BCUT2D eigenvalue weighted by molar-refractivity contribution is 6.30. The van der Waals surface area contributed by atoms with E-state index in [2.05, 4.69) is 30.8 Å². The van der Waals surface area contributed by atoms with Gasteiger partial charge in [-0.3, -0.25) is 9.98 Å². The van der Waals surface area contributed by atoms with Gasteiger partial charge in [0.25, 0.3) is 0 Å². The quantitative estimate of drug-likeness (QED) is 0.579. The first-order valence-electron chi connectivity index (χ1n) is 4.45. The molecule has 0 heterocycles. The SMILES string of the molecule is CCN=CC(CC(C)(C)C)=NC. The minimum Gasteiger partial charge on any atom is -0.292 e. The van der Waals surface area contributed by atoms with Gasteiger partial charge in [-0.2, -0.15) is 0 Å². The fraction of sp³-hybridized carbons (Fsp3) is 0.800. The maximum Gasteiger partial charge on any atom is 0.0528 e. The smallest absolute Gasteiger partial charge is 0.0528 e. The summed E-state index contributed by atoms with van der Waals surface area (Å²) in [5.74, 6) is 0. The van der Waals surface area contributed by atoms with Crippen molar-refractivity contribution in [1.82, 2.24) is 0 Å². The summed E-state index contributed by atoms with van der Waals surface area (Å²) < 4.78 is 0. The third-order valence-corrected chi connectivity index (χ3v) is 1.42. The first-order chi connectivity index (χ1) is 5.49. The van der Waals surface area contributed by atoms with Crippen LogP contribution in [0.1, 0.15) is 34.1 Å². The summed E-state index contributed by atoms with van der Waals surface area (Å²) >= 11 is 0. The van der Waals surface area contributed by atoms with E-state index in [0.29, 0.717) is 5.41 Å². The lowest BCUT2D eigenvalue weighted by Crippen LogP contribution is -2.14. The molecule has 0 rings (SSSR count). The summed E-state index contributed by atoms with van der Waals surface area (Å²) in [6, 6.07) is 0. The molecule has 0 atom stereocenters. The van der Waals surface area contributed by atoms with Crippen LogP contribution >= 0.6 is 0 Å². The van der Waals surface area contributed by atoms with Gasteiger partial charge in [-0.15, -0.1) is 0 Å². The molecular weight excluding hydrogens is 148 g/mol. The van der Waals surface area contributed by atoms with Crippen molar-refractivity contribution in [3.05, 3.63) is 0 Å². The average molecular weight is 168 g/mol. The number of hydrogen-bond donors (Lipinski definition) is 0. The zero-order chi connectivity index (χ0) is 9.61. The van der Waals surface area contributed by atoms with E-state index in [0.717, 1.165) is 18.7 Å². The molecule has 0 aromatic heterocycles. The Morgan fingerprint density at radius 3 is 2.25 bits per heavy atom. The second-order valence-corrected chi connectivity index (χ2v) is 4.08. The van der Waals surface area contributed by atoms with Crippen LogP contribution in [-0.4, -0.2) is 25.5 Å². The average Bonchev–Trinajstić information content (AvgIpc) is 1.95. The van der Waals surface area contributed by atoms with E-state index in [1.165, 1.54) is 0 Å². The summed E-state index contributed by atoms with van der Waals surface area (Å²) in [6.45, 7) is 9.48. The standard InChI is InChI=1S/C10H20N2/c1-6-12-8-9(11-5)7-10(2,3)4/h8H,6-7H2,1-5H3. The Kier molecular flexibility index (Phi) is 4.79. The maximum atomic E-state index is 4.18. The molecule has 0 bridgehead atoms. The Balaban J connectivity index is 4.12. The molecule has 0 aliphatic heterocycles. The van der Waals surface area contributed by atoms with Crippen molar-refractivity contribution in [2.24, 2.45) is 15.4 Å². The molecule has 0 aromatic rings. The molecule has 2 nitrogen and oxygen atoms in total. The van der Waals surface area contributed by atoms with Gasteiger partial charge in [0.05, 0.1) is 5.71 Å². The molecule has 70 valence electrons. The van der Waals surface area contributed by atoms with Crippen molar-refractivity contribution >= 4 is 11.9 Å². The van der Waals surface area contributed by atoms with Gasteiger partial charge < -0.3 is 0 Å². The van der Waals surface area contributed by atoms with Gasteiger partial charge in [-0.25, -0.2) is 0 Å². The van der Waals surface area contributed by atoms with Crippen LogP contribution in [0.4, 0.5) is 0 Å². The van der Waals surface area contributed by atoms with Crippen LogP contribution in [0.3, 0.4) is 0 Å². The van der Waals surface area contributed by atoms with Crippen LogP contribution in [0.2, 0.25) is 0 Å². The fourth-order valence-corrected chi connectivity index (χ4v) is 0.922. The van der Waals surface area contributed by atoms with Crippen LogP contribution in [0, 0.1) is 5.41 Å². The Morgan fingerprint density at radius 1 is 1.33 bits per heavy atom. The Bertz CT molecular complexity index is 173. The van der Waals surface area contributed by atoms with Crippen molar-refractivity contribution in [3.8, 4) is 0 Å². The lowest BCUT2D eigenvalue weighted by Gasteiger charge is -2.17. The summed E-state index contributed by atoms with van der Waals surface area (Å²) in [5, 5.41) is 0. The Morgan fingerprint density at radius 2 is 1.92 bits per heavy atom. The van der Waals surface area contributed by atoms with Crippen LogP contribution in [0.5, 0.6) is 0 Å². The minimum atomic E-state index is 0.300. The highest BCUT2D eigenvalue weighted by Crippen LogP contribution is 2.18. The van der Waals surface area contributed by atoms with Crippen LogP contribution in [0.15, 0.2) is 9.98 Å². The molecule has 0 spiro atoms. The summed E-state index contributed by atoms with van der Waals surface area (Å²) in [5.41, 5.74) is 1.39. The van der Waals surface area contributed by atoms with E-state index < -0.39 is 0 Å². The van der Waals surface area contributed by atoms with Gasteiger partial charge in [0.2, 0.25) is 0 Å². The van der Waals surface area contributed by atoms with E-state index in [9.17, 15) is 0 Å². The molecule has 0 saturated carbocycles. The lowest BCUT2D eigenvalue weighted by atomic mass is 9.90. The number of aliphatic imine (C=N–C) groups is 2. The molecule has 2 heteroatoms. The highest BCUT2D eigenvalue weighted by atomic mass is 14.7. The van der Waals surface area contributed by atoms with Crippen LogP contribution in [-0.2, 0) is 0 Å². The fourth-order valence-electron chi connectivity index (χ4n) is 0.922. The predicted octanol–water partition coefficient (Wildman–Crippen LogP) is 2.58. The monoisotopic (exact) mass is 168 g/mol. The van der Waals surface area contributed by atoms with Gasteiger partial charge in [-0.05, 0) is 18.8 Å². The van der Waals surface area contributed by atoms with Gasteiger partial charge in [0.1, 0.15) is 0 Å². The van der Waals surface area contributed by atoms with Crippen LogP contribution < -0.4 is 0 Å². The van der Waals surface area contributed by atoms with Crippen molar-refractivity contribution < 1.29 is 0 Å². The topological polar surface area (TPSA) is 24.7 Å². The van der Waals surface area contributed by atoms with Crippen molar-refractivity contribution in [2.45, 2.75) is 34.1 Å². The highest BCUT2D eigenvalue weighted by Gasteiger charge is 2.12. The van der Waals surface area contributed by atoms with E-state index in [1.807, 2.05) is 20.2 Å². The largest absolute Gasteiger partial charge is 0.292 e. The number of hydrogen-bond acceptors (Lipinski definition) is 2. The van der Waals surface area contributed by atoms with Crippen LogP contribution in [0.25, 0.3) is 0 Å². The zero-order valence-electron chi connectivity index (χ0n) is 8.89. The van der Waals surface area contributed by atoms with Gasteiger partial charge in [0, 0.05) is 19.8 Å². The predicted molar refractivity (Wildman–Crippen MR) is 56.5 cm³/mol. The van der Waals surface area contributed by atoms with Crippen molar-refractivity contribution in [2.75, 3.05) is 13.6 Å². The number of rotatable bonds is 3.